The smallest absolute Gasteiger partial charge is 0.220 e. The zero-order valence-corrected chi connectivity index (χ0v) is 9.93. The third-order valence-electron chi connectivity index (χ3n) is 2.35. The Morgan fingerprint density at radius 3 is 2.40 bits per heavy atom. The Kier molecular flexibility index (Phi) is 7.91. The van der Waals surface area contributed by atoms with Crippen LogP contribution in [0.4, 0.5) is 0 Å². The number of carbonyl (C=O) groups is 2. The zero-order chi connectivity index (χ0) is 11.7. The van der Waals surface area contributed by atoms with Crippen molar-refractivity contribution >= 4 is 11.7 Å². The van der Waals surface area contributed by atoms with E-state index in [2.05, 4.69) is 17.6 Å². The third-order valence-corrected chi connectivity index (χ3v) is 2.35. The second-order valence-corrected chi connectivity index (χ2v) is 3.71. The first-order valence-corrected chi connectivity index (χ1v) is 5.56. The van der Waals surface area contributed by atoms with Crippen molar-refractivity contribution in [1.82, 2.24) is 10.6 Å². The molecule has 0 aliphatic carbocycles. The fourth-order valence-electron chi connectivity index (χ4n) is 1.29. The van der Waals surface area contributed by atoms with E-state index < -0.39 is 0 Å². The van der Waals surface area contributed by atoms with E-state index in [0.717, 1.165) is 19.3 Å². The lowest BCUT2D eigenvalue weighted by Crippen LogP contribution is -2.43. The van der Waals surface area contributed by atoms with Crippen molar-refractivity contribution in [2.45, 2.75) is 45.6 Å². The number of carbonyl (C=O) groups excluding carboxylic acids is 2. The molecule has 1 atom stereocenters. The van der Waals surface area contributed by atoms with Gasteiger partial charge in [-0.2, -0.15) is 0 Å². The number of hydrogen-bond acceptors (Lipinski definition) is 3. The minimum absolute atomic E-state index is 0.0324. The largest absolute Gasteiger partial charge is 0.354 e. The van der Waals surface area contributed by atoms with E-state index in [1.54, 1.807) is 7.05 Å². The summed E-state index contributed by atoms with van der Waals surface area (Å²) >= 11 is 0. The molecule has 0 saturated heterocycles. The lowest BCUT2D eigenvalue weighted by Gasteiger charge is -2.13. The van der Waals surface area contributed by atoms with Crippen LogP contribution < -0.4 is 10.6 Å². The van der Waals surface area contributed by atoms with Crippen LogP contribution in [0.2, 0.25) is 0 Å². The highest BCUT2D eigenvalue weighted by Gasteiger charge is 2.12. The minimum Gasteiger partial charge on any atom is -0.354 e. The van der Waals surface area contributed by atoms with Crippen molar-refractivity contribution < 1.29 is 9.59 Å². The summed E-state index contributed by atoms with van der Waals surface area (Å²) in [7, 11) is 1.72. The molecule has 0 aromatic rings. The fraction of sp³-hybridized carbons (Fsp3) is 0.818. The summed E-state index contributed by atoms with van der Waals surface area (Å²) in [6, 6.07) is -0.264. The Hall–Kier alpha value is -0.900. The van der Waals surface area contributed by atoms with Gasteiger partial charge >= 0.3 is 0 Å². The number of nitrogens with one attached hydrogen (secondary N) is 2. The van der Waals surface area contributed by atoms with E-state index in [0.29, 0.717) is 13.0 Å². The number of Topliss-reactive ketones (excluding diaryl/α,β-unsaturated/α-hetero) is 1. The van der Waals surface area contributed by atoms with E-state index in [4.69, 9.17) is 0 Å². The number of unbranched alkanes of at least 4 members (excludes halogenated alkanes) is 2. The Bertz CT molecular complexity index is 205. The molecule has 0 saturated carbocycles. The third kappa shape index (κ3) is 7.08. The first-order valence-electron chi connectivity index (χ1n) is 5.56. The summed E-state index contributed by atoms with van der Waals surface area (Å²) < 4.78 is 0. The van der Waals surface area contributed by atoms with Gasteiger partial charge in [0.1, 0.15) is 5.78 Å². The number of hydrogen-bond donors (Lipinski definition) is 2. The molecule has 0 heterocycles. The summed E-state index contributed by atoms with van der Waals surface area (Å²) in [5.41, 5.74) is 0. The van der Waals surface area contributed by atoms with Crippen molar-refractivity contribution in [3.63, 3.8) is 0 Å². The van der Waals surface area contributed by atoms with Crippen LogP contribution in [0.1, 0.15) is 39.5 Å². The molecular formula is C11H22N2O2. The molecule has 0 rings (SSSR count). The van der Waals surface area contributed by atoms with Crippen molar-refractivity contribution in [1.29, 1.82) is 0 Å². The van der Waals surface area contributed by atoms with Gasteiger partial charge in [-0.25, -0.2) is 0 Å². The lowest BCUT2D eigenvalue weighted by atomic mass is 10.2. The van der Waals surface area contributed by atoms with Crippen molar-refractivity contribution in [3.8, 4) is 0 Å². The zero-order valence-electron chi connectivity index (χ0n) is 9.93. The molecular weight excluding hydrogens is 192 g/mol. The molecule has 0 aromatic heterocycles. The first-order chi connectivity index (χ1) is 7.11. The molecule has 0 aliphatic heterocycles. The van der Waals surface area contributed by atoms with Gasteiger partial charge in [-0.05, 0) is 20.4 Å². The van der Waals surface area contributed by atoms with Crippen LogP contribution in [0, 0.1) is 0 Å². The summed E-state index contributed by atoms with van der Waals surface area (Å²) in [5, 5.41) is 5.61. The Labute approximate surface area is 91.8 Å². The predicted octanol–water partition coefficient (Wildman–Crippen LogP) is 0.860. The second-order valence-electron chi connectivity index (χ2n) is 3.71. The van der Waals surface area contributed by atoms with Crippen molar-refractivity contribution in [3.05, 3.63) is 0 Å². The molecule has 0 spiro atoms. The van der Waals surface area contributed by atoms with Crippen LogP contribution in [0.5, 0.6) is 0 Å². The maximum Gasteiger partial charge on any atom is 0.220 e. The van der Waals surface area contributed by atoms with E-state index in [1.165, 1.54) is 6.92 Å². The summed E-state index contributed by atoms with van der Waals surface area (Å²) in [6.45, 7) is 4.01. The maximum absolute atomic E-state index is 11.3. The molecule has 0 bridgehead atoms. The van der Waals surface area contributed by atoms with Crippen LogP contribution in [-0.4, -0.2) is 31.3 Å². The molecule has 88 valence electrons. The van der Waals surface area contributed by atoms with Gasteiger partial charge in [0, 0.05) is 13.0 Å². The van der Waals surface area contributed by atoms with E-state index in [-0.39, 0.29) is 17.7 Å². The second kappa shape index (κ2) is 8.41. The number of likely N-dealkylation sites (N-methyl/N-ethyl adjacent to an activating group) is 1. The van der Waals surface area contributed by atoms with Gasteiger partial charge in [0.2, 0.25) is 5.91 Å². The number of rotatable bonds is 8. The van der Waals surface area contributed by atoms with Gasteiger partial charge in [-0.3, -0.25) is 9.59 Å². The molecule has 0 radical (unpaired) electrons. The van der Waals surface area contributed by atoms with Crippen LogP contribution in [0.3, 0.4) is 0 Å². The van der Waals surface area contributed by atoms with Crippen molar-refractivity contribution in [2.75, 3.05) is 13.6 Å². The monoisotopic (exact) mass is 214 g/mol. The van der Waals surface area contributed by atoms with Gasteiger partial charge in [0.05, 0.1) is 6.04 Å². The lowest BCUT2D eigenvalue weighted by molar-refractivity contribution is -0.122. The summed E-state index contributed by atoms with van der Waals surface area (Å²) in [5.74, 6) is 0.0799. The summed E-state index contributed by atoms with van der Waals surface area (Å²) in [4.78, 5) is 22.3. The van der Waals surface area contributed by atoms with E-state index >= 15 is 0 Å². The SMILES string of the molecule is CCCCCC(=O)NC[C@H](NC)C(C)=O. The quantitative estimate of drug-likeness (QED) is 0.589. The normalized spacial score (nSPS) is 12.2. The Morgan fingerprint density at radius 2 is 1.93 bits per heavy atom. The molecule has 1 amide bonds. The van der Waals surface area contributed by atoms with Gasteiger partial charge in [-0.1, -0.05) is 19.8 Å². The average Bonchev–Trinajstić information content (AvgIpc) is 2.18. The molecule has 0 fully saturated rings. The Morgan fingerprint density at radius 1 is 1.27 bits per heavy atom. The molecule has 2 N–H and O–H groups in total. The number of ketones is 1. The van der Waals surface area contributed by atoms with Gasteiger partial charge < -0.3 is 10.6 Å². The highest BCUT2D eigenvalue weighted by molar-refractivity contribution is 5.83. The average molecular weight is 214 g/mol. The fourth-order valence-corrected chi connectivity index (χ4v) is 1.29. The minimum atomic E-state index is -0.264. The molecule has 0 unspecified atom stereocenters. The van der Waals surface area contributed by atoms with Crippen LogP contribution in [-0.2, 0) is 9.59 Å². The summed E-state index contributed by atoms with van der Waals surface area (Å²) in [6.07, 6.45) is 3.67. The van der Waals surface area contributed by atoms with Crippen molar-refractivity contribution in [2.24, 2.45) is 0 Å². The molecule has 4 heteroatoms. The van der Waals surface area contributed by atoms with E-state index in [1.807, 2.05) is 0 Å². The Balaban J connectivity index is 3.64. The standard InChI is InChI=1S/C11H22N2O2/c1-4-5-6-7-11(15)13-8-10(12-3)9(2)14/h10,12H,4-8H2,1-3H3,(H,13,15)/t10-/m0/s1. The number of amides is 1. The van der Waals surface area contributed by atoms with E-state index in [9.17, 15) is 9.59 Å². The molecule has 0 aliphatic rings. The van der Waals surface area contributed by atoms with Gasteiger partial charge in [0.25, 0.3) is 0 Å². The molecule has 0 aromatic carbocycles. The van der Waals surface area contributed by atoms with Gasteiger partial charge in [0.15, 0.2) is 0 Å². The maximum atomic E-state index is 11.3. The van der Waals surface area contributed by atoms with Crippen LogP contribution in [0.25, 0.3) is 0 Å². The molecule has 15 heavy (non-hydrogen) atoms. The van der Waals surface area contributed by atoms with Gasteiger partial charge in [-0.15, -0.1) is 0 Å². The predicted molar refractivity (Wildman–Crippen MR) is 60.7 cm³/mol. The first kappa shape index (κ1) is 14.1. The van der Waals surface area contributed by atoms with Crippen LogP contribution in [0.15, 0.2) is 0 Å². The highest BCUT2D eigenvalue weighted by Crippen LogP contribution is 1.98. The topological polar surface area (TPSA) is 58.2 Å². The molecule has 4 nitrogen and oxygen atoms in total. The highest BCUT2D eigenvalue weighted by atomic mass is 16.1. The van der Waals surface area contributed by atoms with Crippen LogP contribution >= 0.6 is 0 Å².